The highest BCUT2D eigenvalue weighted by Crippen LogP contribution is 2.38. The summed E-state index contributed by atoms with van der Waals surface area (Å²) in [5.74, 6) is 1.55. The number of ether oxygens (including phenoxy) is 1. The first kappa shape index (κ1) is 21.8. The monoisotopic (exact) mass is 355 g/mol. The molecular weight excluding hydrogens is 322 g/mol. The van der Waals surface area contributed by atoms with Crippen molar-refractivity contribution < 1.29 is 9.57 Å². The number of allylic oxidation sites excluding steroid dienone is 6. The molecule has 0 bridgehead atoms. The van der Waals surface area contributed by atoms with Crippen LogP contribution in [0.1, 0.15) is 53.5 Å². The molecule has 1 N–H and O–H groups in total. The summed E-state index contributed by atoms with van der Waals surface area (Å²) in [7, 11) is 0. The van der Waals surface area contributed by atoms with Crippen LogP contribution in [0.4, 0.5) is 0 Å². The summed E-state index contributed by atoms with van der Waals surface area (Å²) in [6.07, 6.45) is 10.7. The van der Waals surface area contributed by atoms with Crippen molar-refractivity contribution in [2.75, 3.05) is 6.54 Å². The molecule has 0 heterocycles. The van der Waals surface area contributed by atoms with Crippen LogP contribution in [-0.4, -0.2) is 6.54 Å². The SMILES string of the molecule is C=C(C)C(C)(C)c1cc(ONCC)ccc1O/C=C/C=C\C=C(/C)CC. The van der Waals surface area contributed by atoms with E-state index < -0.39 is 0 Å². The fraction of sp³-hybridized carbons (Fsp3) is 0.391. The average molecular weight is 356 g/mol. The molecule has 3 heteroatoms. The van der Waals surface area contributed by atoms with Crippen molar-refractivity contribution in [3.63, 3.8) is 0 Å². The molecular formula is C23H33NO2. The predicted octanol–water partition coefficient (Wildman–Crippen LogP) is 6.25. The Hall–Kier alpha value is -2.26. The first-order chi connectivity index (χ1) is 12.3. The predicted molar refractivity (Wildman–Crippen MR) is 112 cm³/mol. The molecule has 1 aromatic carbocycles. The van der Waals surface area contributed by atoms with E-state index >= 15 is 0 Å². The molecule has 1 rings (SSSR count). The van der Waals surface area contributed by atoms with Crippen molar-refractivity contribution in [3.05, 3.63) is 72.1 Å². The maximum absolute atomic E-state index is 5.90. The molecule has 26 heavy (non-hydrogen) atoms. The second kappa shape index (κ2) is 10.7. The zero-order valence-corrected chi connectivity index (χ0v) is 17.1. The van der Waals surface area contributed by atoms with Gasteiger partial charge in [-0.2, -0.15) is 5.48 Å². The standard InChI is InChI=1S/C23H33NO2/c1-8-19(5)13-11-10-12-16-25-22-15-14-20(26-24-9-2)17-21(22)23(6,7)18(3)4/h10-17,24H,3,8-9H2,1-2,4-7H3/b11-10-,16-12+,19-13+. The summed E-state index contributed by atoms with van der Waals surface area (Å²) < 4.78 is 5.90. The largest absolute Gasteiger partial charge is 0.465 e. The number of hydroxylamine groups is 1. The molecule has 0 fully saturated rings. The van der Waals surface area contributed by atoms with E-state index in [2.05, 4.69) is 45.8 Å². The van der Waals surface area contributed by atoms with Gasteiger partial charge in [0, 0.05) is 17.5 Å². The minimum absolute atomic E-state index is 0.231. The highest BCUT2D eigenvalue weighted by molar-refractivity contribution is 5.48. The van der Waals surface area contributed by atoms with Crippen molar-refractivity contribution in [1.82, 2.24) is 5.48 Å². The molecule has 0 aromatic heterocycles. The third-order valence-corrected chi connectivity index (χ3v) is 4.46. The topological polar surface area (TPSA) is 30.5 Å². The van der Waals surface area contributed by atoms with Gasteiger partial charge in [-0.05, 0) is 51.5 Å². The molecule has 0 radical (unpaired) electrons. The lowest BCUT2D eigenvalue weighted by Crippen LogP contribution is -2.21. The maximum Gasteiger partial charge on any atom is 0.147 e. The zero-order chi connectivity index (χ0) is 19.6. The van der Waals surface area contributed by atoms with Gasteiger partial charge < -0.3 is 9.57 Å². The van der Waals surface area contributed by atoms with Crippen molar-refractivity contribution in [1.29, 1.82) is 0 Å². The Morgan fingerprint density at radius 2 is 1.88 bits per heavy atom. The van der Waals surface area contributed by atoms with E-state index in [4.69, 9.17) is 9.57 Å². The van der Waals surface area contributed by atoms with Crippen LogP contribution in [0, 0.1) is 0 Å². The number of hydrogen-bond donors (Lipinski definition) is 1. The van der Waals surface area contributed by atoms with Crippen LogP contribution in [0.5, 0.6) is 11.5 Å². The van der Waals surface area contributed by atoms with Crippen molar-refractivity contribution in [2.45, 2.75) is 53.4 Å². The van der Waals surface area contributed by atoms with E-state index in [1.54, 1.807) is 6.26 Å². The maximum atomic E-state index is 5.90. The van der Waals surface area contributed by atoms with E-state index in [1.165, 1.54) is 5.57 Å². The Bertz CT molecular complexity index is 681. The number of nitrogens with one attached hydrogen (secondary N) is 1. The van der Waals surface area contributed by atoms with Crippen LogP contribution < -0.4 is 15.1 Å². The van der Waals surface area contributed by atoms with Crippen LogP contribution in [0.2, 0.25) is 0 Å². The second-order valence-corrected chi connectivity index (χ2v) is 6.86. The van der Waals surface area contributed by atoms with Crippen molar-refractivity contribution in [3.8, 4) is 11.5 Å². The molecule has 1 aromatic rings. The fourth-order valence-corrected chi connectivity index (χ4v) is 2.11. The molecule has 0 saturated carbocycles. The minimum atomic E-state index is -0.231. The van der Waals surface area contributed by atoms with E-state index in [1.807, 2.05) is 50.3 Å². The van der Waals surface area contributed by atoms with Gasteiger partial charge in [0.1, 0.15) is 11.5 Å². The molecule has 0 aliphatic rings. The highest BCUT2D eigenvalue weighted by Gasteiger charge is 2.26. The molecule has 0 spiro atoms. The van der Waals surface area contributed by atoms with Gasteiger partial charge in [-0.15, -0.1) is 0 Å². The molecule has 142 valence electrons. The highest BCUT2D eigenvalue weighted by atomic mass is 16.6. The fourth-order valence-electron chi connectivity index (χ4n) is 2.11. The van der Waals surface area contributed by atoms with Gasteiger partial charge in [-0.1, -0.05) is 56.7 Å². The third kappa shape index (κ3) is 6.57. The van der Waals surface area contributed by atoms with Gasteiger partial charge in [0.25, 0.3) is 0 Å². The first-order valence-corrected chi connectivity index (χ1v) is 9.18. The Morgan fingerprint density at radius 1 is 1.15 bits per heavy atom. The quantitative estimate of drug-likeness (QED) is 0.233. The molecule has 0 saturated heterocycles. The first-order valence-electron chi connectivity index (χ1n) is 9.18. The summed E-state index contributed by atoms with van der Waals surface area (Å²) in [6, 6.07) is 5.83. The van der Waals surface area contributed by atoms with Gasteiger partial charge in [0.15, 0.2) is 0 Å². The summed E-state index contributed by atoms with van der Waals surface area (Å²) in [6.45, 7) is 17.4. The Labute approximate surface area is 159 Å². The van der Waals surface area contributed by atoms with E-state index in [9.17, 15) is 0 Å². The normalized spacial score (nSPS) is 12.8. The molecule has 3 nitrogen and oxygen atoms in total. The van der Waals surface area contributed by atoms with Crippen LogP contribution in [0.15, 0.2) is 66.5 Å². The van der Waals surface area contributed by atoms with Crippen molar-refractivity contribution in [2.24, 2.45) is 0 Å². The van der Waals surface area contributed by atoms with Gasteiger partial charge in [-0.25, -0.2) is 0 Å². The van der Waals surface area contributed by atoms with Crippen LogP contribution >= 0.6 is 0 Å². The van der Waals surface area contributed by atoms with E-state index in [-0.39, 0.29) is 5.41 Å². The Kier molecular flexibility index (Phi) is 8.94. The second-order valence-electron chi connectivity index (χ2n) is 6.86. The minimum Gasteiger partial charge on any atom is -0.465 e. The smallest absolute Gasteiger partial charge is 0.147 e. The van der Waals surface area contributed by atoms with Crippen LogP contribution in [0.25, 0.3) is 0 Å². The lowest BCUT2D eigenvalue weighted by atomic mass is 9.78. The number of rotatable bonds is 10. The summed E-state index contributed by atoms with van der Waals surface area (Å²) in [5.41, 5.74) is 6.09. The number of hydrogen-bond acceptors (Lipinski definition) is 3. The summed E-state index contributed by atoms with van der Waals surface area (Å²) in [5, 5.41) is 0. The van der Waals surface area contributed by atoms with Crippen molar-refractivity contribution >= 4 is 0 Å². The van der Waals surface area contributed by atoms with Crippen LogP contribution in [0.3, 0.4) is 0 Å². The van der Waals surface area contributed by atoms with Gasteiger partial charge in [0.05, 0.1) is 6.26 Å². The Balaban J connectivity index is 3.00. The van der Waals surface area contributed by atoms with E-state index in [0.717, 1.165) is 35.6 Å². The summed E-state index contributed by atoms with van der Waals surface area (Å²) in [4.78, 5) is 5.55. The molecule has 0 unspecified atom stereocenters. The summed E-state index contributed by atoms with van der Waals surface area (Å²) >= 11 is 0. The van der Waals surface area contributed by atoms with E-state index in [0.29, 0.717) is 0 Å². The molecule has 0 aliphatic heterocycles. The zero-order valence-electron chi connectivity index (χ0n) is 17.1. The van der Waals surface area contributed by atoms with Gasteiger partial charge in [0.2, 0.25) is 0 Å². The molecule has 0 atom stereocenters. The van der Waals surface area contributed by atoms with Crippen LogP contribution in [-0.2, 0) is 5.41 Å². The number of benzene rings is 1. The lowest BCUT2D eigenvalue weighted by molar-refractivity contribution is 0.202. The molecule has 0 amide bonds. The van der Waals surface area contributed by atoms with Gasteiger partial charge >= 0.3 is 0 Å². The lowest BCUT2D eigenvalue weighted by Gasteiger charge is -2.28. The third-order valence-electron chi connectivity index (χ3n) is 4.46. The van der Waals surface area contributed by atoms with Gasteiger partial charge in [-0.3, -0.25) is 0 Å². The Morgan fingerprint density at radius 3 is 2.50 bits per heavy atom. The average Bonchev–Trinajstić information content (AvgIpc) is 2.62. The molecule has 0 aliphatic carbocycles.